The van der Waals surface area contributed by atoms with Crippen LogP contribution in [0.1, 0.15) is 17.2 Å². The van der Waals surface area contributed by atoms with E-state index >= 15 is 0 Å². The Morgan fingerprint density at radius 1 is 1.06 bits per heavy atom. The molecule has 0 fully saturated rings. The molecule has 2 aromatic carbocycles. The lowest BCUT2D eigenvalue weighted by molar-refractivity contribution is 0.618. The monoisotopic (exact) mass is 283 g/mol. The number of halogens is 3. The Kier molecular flexibility index (Phi) is 4.23. The molecule has 1 nitrogen and oxygen atoms in total. The van der Waals surface area contributed by atoms with E-state index in [9.17, 15) is 4.39 Å². The van der Waals surface area contributed by atoms with Crippen LogP contribution in [0.25, 0.3) is 0 Å². The molecule has 0 spiro atoms. The fourth-order valence-corrected chi connectivity index (χ4v) is 2.28. The standard InChI is InChI=1S/C14H12Cl2FN/c15-12-4-2-1-3-9(12)7-14(18)11-8-10(17)5-6-13(11)16/h1-6,8,14H,7,18H2. The minimum absolute atomic E-state index is 0.344. The first-order valence-corrected chi connectivity index (χ1v) is 6.27. The molecule has 2 aromatic rings. The number of hydrogen-bond donors (Lipinski definition) is 1. The van der Waals surface area contributed by atoms with Crippen molar-refractivity contribution in [3.05, 3.63) is 69.5 Å². The van der Waals surface area contributed by atoms with Gasteiger partial charge in [0.05, 0.1) is 0 Å². The molecular weight excluding hydrogens is 272 g/mol. The Balaban J connectivity index is 2.25. The van der Waals surface area contributed by atoms with Crippen molar-refractivity contribution in [3.63, 3.8) is 0 Å². The van der Waals surface area contributed by atoms with Crippen LogP contribution in [-0.2, 0) is 6.42 Å². The summed E-state index contributed by atoms with van der Waals surface area (Å²) in [5, 5.41) is 1.12. The molecule has 0 aliphatic rings. The van der Waals surface area contributed by atoms with Gasteiger partial charge in [-0.15, -0.1) is 0 Å². The molecule has 4 heteroatoms. The van der Waals surface area contributed by atoms with Gasteiger partial charge in [0.2, 0.25) is 0 Å². The van der Waals surface area contributed by atoms with Gasteiger partial charge in [0.1, 0.15) is 5.82 Å². The van der Waals surface area contributed by atoms with Crippen molar-refractivity contribution in [2.45, 2.75) is 12.5 Å². The van der Waals surface area contributed by atoms with Gasteiger partial charge in [-0.2, -0.15) is 0 Å². The van der Waals surface area contributed by atoms with Crippen LogP contribution >= 0.6 is 23.2 Å². The predicted octanol–water partition coefficient (Wildman–Crippen LogP) is 4.38. The molecule has 18 heavy (non-hydrogen) atoms. The van der Waals surface area contributed by atoms with Gasteiger partial charge in [-0.3, -0.25) is 0 Å². The minimum Gasteiger partial charge on any atom is -0.324 e. The van der Waals surface area contributed by atoms with E-state index in [0.29, 0.717) is 22.0 Å². The first-order valence-electron chi connectivity index (χ1n) is 5.52. The largest absolute Gasteiger partial charge is 0.324 e. The van der Waals surface area contributed by atoms with Crippen LogP contribution in [-0.4, -0.2) is 0 Å². The van der Waals surface area contributed by atoms with Gasteiger partial charge < -0.3 is 5.73 Å². The van der Waals surface area contributed by atoms with E-state index in [-0.39, 0.29) is 11.9 Å². The predicted molar refractivity (Wildman–Crippen MR) is 73.5 cm³/mol. The van der Waals surface area contributed by atoms with E-state index in [2.05, 4.69) is 0 Å². The second kappa shape index (κ2) is 5.70. The van der Waals surface area contributed by atoms with Crippen molar-refractivity contribution in [1.29, 1.82) is 0 Å². The van der Waals surface area contributed by atoms with Crippen molar-refractivity contribution >= 4 is 23.2 Å². The lowest BCUT2D eigenvalue weighted by Gasteiger charge is -2.14. The minimum atomic E-state index is -0.381. The van der Waals surface area contributed by atoms with Crippen LogP contribution in [0, 0.1) is 5.82 Å². The van der Waals surface area contributed by atoms with E-state index in [0.717, 1.165) is 5.56 Å². The van der Waals surface area contributed by atoms with Crippen LogP contribution < -0.4 is 5.73 Å². The van der Waals surface area contributed by atoms with E-state index in [1.165, 1.54) is 18.2 Å². The smallest absolute Gasteiger partial charge is 0.123 e. The summed E-state index contributed by atoms with van der Waals surface area (Å²) in [6.45, 7) is 0. The summed E-state index contributed by atoms with van der Waals surface area (Å²) in [6.07, 6.45) is 0.517. The fourth-order valence-electron chi connectivity index (χ4n) is 1.81. The summed E-state index contributed by atoms with van der Waals surface area (Å²) in [4.78, 5) is 0. The summed E-state index contributed by atoms with van der Waals surface area (Å²) in [5.41, 5.74) is 7.57. The topological polar surface area (TPSA) is 26.0 Å². The summed E-state index contributed by atoms with van der Waals surface area (Å²) < 4.78 is 13.2. The Labute approximate surface area is 115 Å². The van der Waals surface area contributed by atoms with Gasteiger partial charge in [0.15, 0.2) is 0 Å². The van der Waals surface area contributed by atoms with Crippen molar-refractivity contribution < 1.29 is 4.39 Å². The fraction of sp³-hybridized carbons (Fsp3) is 0.143. The van der Waals surface area contributed by atoms with Crippen molar-refractivity contribution in [3.8, 4) is 0 Å². The highest BCUT2D eigenvalue weighted by Crippen LogP contribution is 2.27. The second-order valence-corrected chi connectivity index (χ2v) is 4.88. The number of rotatable bonds is 3. The van der Waals surface area contributed by atoms with Gasteiger partial charge in [0, 0.05) is 16.1 Å². The molecule has 0 radical (unpaired) electrons. The maximum atomic E-state index is 13.2. The van der Waals surface area contributed by atoms with E-state index in [1.807, 2.05) is 18.2 Å². The SMILES string of the molecule is NC(Cc1ccccc1Cl)c1cc(F)ccc1Cl. The van der Waals surface area contributed by atoms with E-state index < -0.39 is 0 Å². The van der Waals surface area contributed by atoms with Crippen molar-refractivity contribution in [2.24, 2.45) is 5.73 Å². The third-order valence-electron chi connectivity index (χ3n) is 2.76. The first kappa shape index (κ1) is 13.3. The Morgan fingerprint density at radius 3 is 2.50 bits per heavy atom. The third kappa shape index (κ3) is 3.02. The van der Waals surface area contributed by atoms with Gasteiger partial charge in [-0.05, 0) is 41.8 Å². The molecule has 0 saturated heterocycles. The zero-order valence-electron chi connectivity index (χ0n) is 9.54. The first-order chi connectivity index (χ1) is 8.58. The number of hydrogen-bond acceptors (Lipinski definition) is 1. The summed E-state index contributed by atoms with van der Waals surface area (Å²) in [6, 6.07) is 11.3. The average Bonchev–Trinajstić information content (AvgIpc) is 2.35. The Hall–Kier alpha value is -1.09. The average molecular weight is 284 g/mol. The van der Waals surface area contributed by atoms with Gasteiger partial charge in [-0.25, -0.2) is 4.39 Å². The van der Waals surface area contributed by atoms with Crippen LogP contribution in [0.5, 0.6) is 0 Å². The molecule has 0 amide bonds. The van der Waals surface area contributed by atoms with E-state index in [4.69, 9.17) is 28.9 Å². The number of nitrogens with two attached hydrogens (primary N) is 1. The van der Waals surface area contributed by atoms with Crippen LogP contribution in [0.15, 0.2) is 42.5 Å². The molecule has 1 atom stereocenters. The summed E-state index contributed by atoms with van der Waals surface area (Å²) in [5.74, 6) is -0.344. The van der Waals surface area contributed by atoms with Crippen LogP contribution in [0.3, 0.4) is 0 Å². The van der Waals surface area contributed by atoms with Gasteiger partial charge in [-0.1, -0.05) is 41.4 Å². The number of benzene rings is 2. The Bertz CT molecular complexity index is 557. The molecular formula is C14H12Cl2FN. The zero-order chi connectivity index (χ0) is 13.1. The molecule has 0 aromatic heterocycles. The van der Waals surface area contributed by atoms with Gasteiger partial charge >= 0.3 is 0 Å². The molecule has 0 heterocycles. The molecule has 2 rings (SSSR count). The highest BCUT2D eigenvalue weighted by atomic mass is 35.5. The molecule has 1 unspecified atom stereocenters. The van der Waals surface area contributed by atoms with Crippen molar-refractivity contribution in [2.75, 3.05) is 0 Å². The Morgan fingerprint density at radius 2 is 1.78 bits per heavy atom. The highest BCUT2D eigenvalue weighted by molar-refractivity contribution is 6.31. The molecule has 0 bridgehead atoms. The molecule has 0 saturated carbocycles. The molecule has 94 valence electrons. The van der Waals surface area contributed by atoms with Crippen LogP contribution in [0.4, 0.5) is 4.39 Å². The van der Waals surface area contributed by atoms with E-state index in [1.54, 1.807) is 6.07 Å². The lowest BCUT2D eigenvalue weighted by atomic mass is 9.99. The third-order valence-corrected chi connectivity index (χ3v) is 3.47. The lowest BCUT2D eigenvalue weighted by Crippen LogP contribution is -2.14. The van der Waals surface area contributed by atoms with Gasteiger partial charge in [0.25, 0.3) is 0 Å². The molecule has 0 aliphatic heterocycles. The molecule has 2 N–H and O–H groups in total. The van der Waals surface area contributed by atoms with Crippen molar-refractivity contribution in [1.82, 2.24) is 0 Å². The molecule has 0 aliphatic carbocycles. The van der Waals surface area contributed by atoms with Crippen LogP contribution in [0.2, 0.25) is 10.0 Å². The second-order valence-electron chi connectivity index (χ2n) is 4.07. The quantitative estimate of drug-likeness (QED) is 0.889. The zero-order valence-corrected chi connectivity index (χ0v) is 11.0. The highest BCUT2D eigenvalue weighted by Gasteiger charge is 2.13. The normalized spacial score (nSPS) is 12.4. The summed E-state index contributed by atoms with van der Waals surface area (Å²) >= 11 is 12.1. The maximum Gasteiger partial charge on any atom is 0.123 e. The maximum absolute atomic E-state index is 13.2. The summed E-state index contributed by atoms with van der Waals surface area (Å²) in [7, 11) is 0.